The Morgan fingerprint density at radius 3 is 2.79 bits per heavy atom. The molecule has 0 fully saturated rings. The molecule has 1 aromatic carbocycles. The van der Waals surface area contributed by atoms with Crippen molar-refractivity contribution in [1.29, 1.82) is 0 Å². The summed E-state index contributed by atoms with van der Waals surface area (Å²) in [4.78, 5) is 21.9. The molecule has 0 radical (unpaired) electrons. The monoisotopic (exact) mass is 348 g/mol. The molecule has 1 amide bonds. The zero-order chi connectivity index (χ0) is 14.4. The van der Waals surface area contributed by atoms with Gasteiger partial charge in [0.15, 0.2) is 0 Å². The maximum absolute atomic E-state index is 11.8. The molecule has 1 aromatic rings. The van der Waals surface area contributed by atoms with Crippen molar-refractivity contribution < 1.29 is 13.9 Å². The molecule has 0 bridgehead atoms. The van der Waals surface area contributed by atoms with Crippen LogP contribution in [0.15, 0.2) is 22.7 Å². The van der Waals surface area contributed by atoms with Gasteiger partial charge in [0, 0.05) is 45.5 Å². The highest BCUT2D eigenvalue weighted by Crippen LogP contribution is 2.22. The third kappa shape index (κ3) is 4.71. The number of hydrogen-bond acceptors (Lipinski definition) is 4. The Hall–Kier alpha value is -1.28. The van der Waals surface area contributed by atoms with Crippen molar-refractivity contribution in [1.82, 2.24) is 5.32 Å². The lowest BCUT2D eigenvalue weighted by molar-refractivity contribution is -0.384. The van der Waals surface area contributed by atoms with Crippen molar-refractivity contribution in [2.75, 3.05) is 18.1 Å². The molecule has 1 unspecified atom stereocenters. The summed E-state index contributed by atoms with van der Waals surface area (Å²) in [6, 6.07) is 3.97. The average Bonchev–Trinajstić information content (AvgIpc) is 2.38. The fourth-order valence-corrected chi connectivity index (χ4v) is 2.36. The average molecular weight is 349 g/mol. The minimum absolute atomic E-state index is 0.148. The highest BCUT2D eigenvalue weighted by atomic mass is 79.9. The topological polar surface area (TPSA) is 89.3 Å². The van der Waals surface area contributed by atoms with Crippen molar-refractivity contribution in [2.24, 2.45) is 0 Å². The van der Waals surface area contributed by atoms with E-state index in [-0.39, 0.29) is 17.8 Å². The molecular weight excluding hydrogens is 336 g/mol. The SMILES string of the molecule is CCS(=O)CCNC(=O)c1cc([N+](=O)[O-])ccc1Br. The summed E-state index contributed by atoms with van der Waals surface area (Å²) < 4.78 is 11.7. The number of halogens is 1. The van der Waals surface area contributed by atoms with E-state index in [0.29, 0.717) is 16.0 Å². The summed E-state index contributed by atoms with van der Waals surface area (Å²) in [5, 5.41) is 13.2. The van der Waals surface area contributed by atoms with Gasteiger partial charge >= 0.3 is 0 Å². The quantitative estimate of drug-likeness (QED) is 0.627. The van der Waals surface area contributed by atoms with Crippen LogP contribution in [0.1, 0.15) is 17.3 Å². The summed E-state index contributed by atoms with van der Waals surface area (Å²) in [6.45, 7) is 2.07. The van der Waals surface area contributed by atoms with Crippen molar-refractivity contribution in [3.63, 3.8) is 0 Å². The Bertz CT molecular complexity index is 521. The van der Waals surface area contributed by atoms with E-state index in [1.54, 1.807) is 6.92 Å². The van der Waals surface area contributed by atoms with Gasteiger partial charge in [-0.2, -0.15) is 0 Å². The molecule has 104 valence electrons. The normalized spacial score (nSPS) is 11.9. The fourth-order valence-electron chi connectivity index (χ4n) is 1.32. The Balaban J connectivity index is 2.73. The number of non-ortho nitro benzene ring substituents is 1. The minimum Gasteiger partial charge on any atom is -0.351 e. The number of hydrogen-bond donors (Lipinski definition) is 1. The van der Waals surface area contributed by atoms with E-state index in [9.17, 15) is 19.1 Å². The molecule has 19 heavy (non-hydrogen) atoms. The highest BCUT2D eigenvalue weighted by Gasteiger charge is 2.15. The van der Waals surface area contributed by atoms with Crippen LogP contribution in [-0.4, -0.2) is 33.1 Å². The van der Waals surface area contributed by atoms with Gasteiger partial charge in [-0.25, -0.2) is 0 Å². The molecule has 0 saturated heterocycles. The summed E-state index contributed by atoms with van der Waals surface area (Å²) in [5.74, 6) is 0.481. The summed E-state index contributed by atoms with van der Waals surface area (Å²) >= 11 is 3.17. The maximum atomic E-state index is 11.8. The van der Waals surface area contributed by atoms with Gasteiger partial charge in [-0.1, -0.05) is 6.92 Å². The first kappa shape index (κ1) is 15.8. The van der Waals surface area contributed by atoms with Crippen LogP contribution in [0, 0.1) is 10.1 Å². The van der Waals surface area contributed by atoms with E-state index >= 15 is 0 Å². The predicted octanol–water partition coefficient (Wildman–Crippen LogP) is 1.86. The Labute approximate surface area is 121 Å². The maximum Gasteiger partial charge on any atom is 0.270 e. The van der Waals surface area contributed by atoms with Gasteiger partial charge in [-0.3, -0.25) is 19.1 Å². The van der Waals surface area contributed by atoms with Crippen LogP contribution in [0.4, 0.5) is 5.69 Å². The first-order valence-electron chi connectivity index (χ1n) is 5.52. The highest BCUT2D eigenvalue weighted by molar-refractivity contribution is 9.10. The van der Waals surface area contributed by atoms with Crippen LogP contribution in [0.25, 0.3) is 0 Å². The first-order valence-corrected chi connectivity index (χ1v) is 7.81. The zero-order valence-corrected chi connectivity index (χ0v) is 12.6. The van der Waals surface area contributed by atoms with Gasteiger partial charge in [0.25, 0.3) is 11.6 Å². The minimum atomic E-state index is -0.952. The number of amides is 1. The van der Waals surface area contributed by atoms with Gasteiger partial charge in [0.2, 0.25) is 0 Å². The molecule has 0 spiro atoms. The van der Waals surface area contributed by atoms with Crippen LogP contribution >= 0.6 is 15.9 Å². The van der Waals surface area contributed by atoms with E-state index in [0.717, 1.165) is 0 Å². The number of nitro benzene ring substituents is 1. The van der Waals surface area contributed by atoms with E-state index in [4.69, 9.17) is 0 Å². The summed E-state index contributed by atoms with van der Waals surface area (Å²) in [7, 11) is -0.952. The first-order chi connectivity index (χ1) is 8.95. The van der Waals surface area contributed by atoms with Crippen LogP contribution in [0.2, 0.25) is 0 Å². The van der Waals surface area contributed by atoms with Crippen LogP contribution in [-0.2, 0) is 10.8 Å². The third-order valence-electron chi connectivity index (χ3n) is 2.34. The summed E-state index contributed by atoms with van der Waals surface area (Å²) in [5.41, 5.74) is 0.0435. The fraction of sp³-hybridized carbons (Fsp3) is 0.364. The molecule has 0 aromatic heterocycles. The number of carbonyl (C=O) groups is 1. The number of carbonyl (C=O) groups excluding carboxylic acids is 1. The van der Waals surface area contributed by atoms with E-state index in [1.165, 1.54) is 18.2 Å². The van der Waals surface area contributed by atoms with Crippen LogP contribution in [0.5, 0.6) is 0 Å². The van der Waals surface area contributed by atoms with E-state index < -0.39 is 21.6 Å². The van der Waals surface area contributed by atoms with E-state index in [1.807, 2.05) is 0 Å². The number of nitrogens with one attached hydrogen (secondary N) is 1. The molecule has 0 heterocycles. The Kier molecular flexibility index (Phi) is 6.10. The molecule has 1 N–H and O–H groups in total. The predicted molar refractivity (Wildman–Crippen MR) is 76.7 cm³/mol. The molecular formula is C11H13BrN2O4S. The number of nitrogens with zero attached hydrogens (tertiary/aromatic N) is 1. The Morgan fingerprint density at radius 1 is 1.53 bits per heavy atom. The van der Waals surface area contributed by atoms with Crippen molar-refractivity contribution in [3.05, 3.63) is 38.3 Å². The lowest BCUT2D eigenvalue weighted by atomic mass is 10.2. The van der Waals surface area contributed by atoms with Gasteiger partial charge < -0.3 is 5.32 Å². The lowest BCUT2D eigenvalue weighted by Gasteiger charge is -2.06. The molecule has 0 saturated carbocycles. The zero-order valence-electron chi connectivity index (χ0n) is 10.2. The van der Waals surface area contributed by atoms with Gasteiger partial charge in [-0.15, -0.1) is 0 Å². The van der Waals surface area contributed by atoms with Crippen molar-refractivity contribution in [3.8, 4) is 0 Å². The third-order valence-corrected chi connectivity index (χ3v) is 4.34. The second-order valence-electron chi connectivity index (χ2n) is 3.61. The standard InChI is InChI=1S/C11H13BrN2O4S/c1-2-19(18)6-5-13-11(15)9-7-8(14(16)17)3-4-10(9)12/h3-4,7H,2,5-6H2,1H3,(H,13,15). The molecule has 1 atom stereocenters. The number of rotatable bonds is 6. The molecule has 0 aliphatic rings. The Morgan fingerprint density at radius 2 is 2.21 bits per heavy atom. The molecule has 0 aliphatic heterocycles. The molecule has 1 rings (SSSR count). The van der Waals surface area contributed by atoms with Crippen molar-refractivity contribution >= 4 is 38.3 Å². The van der Waals surface area contributed by atoms with Gasteiger partial charge in [0.1, 0.15) is 0 Å². The van der Waals surface area contributed by atoms with E-state index in [2.05, 4.69) is 21.2 Å². The van der Waals surface area contributed by atoms with Crippen LogP contribution in [0.3, 0.4) is 0 Å². The number of nitro groups is 1. The summed E-state index contributed by atoms with van der Waals surface area (Å²) in [6.07, 6.45) is 0. The van der Waals surface area contributed by atoms with Crippen molar-refractivity contribution in [2.45, 2.75) is 6.92 Å². The van der Waals surface area contributed by atoms with Gasteiger partial charge in [0.05, 0.1) is 10.5 Å². The van der Waals surface area contributed by atoms with Gasteiger partial charge in [-0.05, 0) is 22.0 Å². The lowest BCUT2D eigenvalue weighted by Crippen LogP contribution is -2.28. The largest absolute Gasteiger partial charge is 0.351 e. The number of benzene rings is 1. The van der Waals surface area contributed by atoms with Crippen LogP contribution < -0.4 is 5.32 Å². The molecule has 0 aliphatic carbocycles. The molecule has 8 heteroatoms. The smallest absolute Gasteiger partial charge is 0.270 e. The molecule has 6 nitrogen and oxygen atoms in total. The second kappa shape index (κ2) is 7.34. The second-order valence-corrected chi connectivity index (χ2v) is 6.33.